The number of thiophene rings is 1. The summed E-state index contributed by atoms with van der Waals surface area (Å²) in [4.78, 5) is 2.43. The van der Waals surface area contributed by atoms with Crippen LogP contribution in [-0.4, -0.2) is 0 Å². The maximum absolute atomic E-state index is 2.43. The Morgan fingerprint density at radius 2 is 1.20 bits per heavy atom. The van der Waals surface area contributed by atoms with Crippen molar-refractivity contribution >= 4 is 59.3 Å². The zero-order chi connectivity index (χ0) is 30.1. The van der Waals surface area contributed by atoms with Crippen LogP contribution in [0.25, 0.3) is 53.2 Å². The Morgan fingerprint density at radius 1 is 0.533 bits per heavy atom. The van der Waals surface area contributed by atoms with Crippen LogP contribution in [0.2, 0.25) is 0 Å². The second-order valence-electron chi connectivity index (χ2n) is 12.5. The van der Waals surface area contributed by atoms with Crippen LogP contribution in [0, 0.1) is 0 Å². The molecule has 0 bridgehead atoms. The first-order chi connectivity index (χ1) is 22.1. The number of hydrogen-bond donors (Lipinski definition) is 0. The molecule has 0 unspecified atom stereocenters. The fourth-order valence-corrected chi connectivity index (χ4v) is 8.76. The molecule has 1 aliphatic rings. The van der Waals surface area contributed by atoms with Crippen LogP contribution in [0.5, 0.6) is 0 Å². The van der Waals surface area contributed by atoms with Gasteiger partial charge >= 0.3 is 0 Å². The lowest BCUT2D eigenvalue weighted by molar-refractivity contribution is 0.660. The summed E-state index contributed by atoms with van der Waals surface area (Å²) in [6.07, 6.45) is 0. The molecule has 7 aromatic carbocycles. The maximum atomic E-state index is 2.43. The molecule has 0 saturated heterocycles. The molecular weight excluding hydrogens is 563 g/mol. The third-order valence-corrected chi connectivity index (χ3v) is 10.9. The van der Waals surface area contributed by atoms with Gasteiger partial charge in [-0.1, -0.05) is 123 Å². The highest BCUT2D eigenvalue weighted by Crippen LogP contribution is 2.54. The summed E-state index contributed by atoms with van der Waals surface area (Å²) in [5, 5.41) is 5.30. The van der Waals surface area contributed by atoms with Crippen LogP contribution >= 0.6 is 11.3 Å². The molecule has 8 aromatic rings. The maximum Gasteiger partial charge on any atom is 0.0543 e. The number of anilines is 3. The molecule has 0 N–H and O–H groups in total. The highest BCUT2D eigenvalue weighted by molar-refractivity contribution is 7.26. The Hall–Kier alpha value is -5.18. The van der Waals surface area contributed by atoms with E-state index in [2.05, 4.69) is 170 Å². The van der Waals surface area contributed by atoms with Crippen molar-refractivity contribution < 1.29 is 0 Å². The molecule has 1 aliphatic carbocycles. The Labute approximate surface area is 267 Å². The van der Waals surface area contributed by atoms with E-state index in [1.165, 1.54) is 70.0 Å². The van der Waals surface area contributed by atoms with Crippen molar-refractivity contribution in [1.82, 2.24) is 0 Å². The van der Waals surface area contributed by atoms with Crippen molar-refractivity contribution in [2.75, 3.05) is 4.90 Å². The van der Waals surface area contributed by atoms with Crippen LogP contribution in [-0.2, 0) is 5.41 Å². The minimum Gasteiger partial charge on any atom is -0.310 e. The topological polar surface area (TPSA) is 3.24 Å². The van der Waals surface area contributed by atoms with Crippen molar-refractivity contribution in [1.29, 1.82) is 0 Å². The highest BCUT2D eigenvalue weighted by atomic mass is 32.1. The molecule has 1 nitrogen and oxygen atoms in total. The number of fused-ring (bicyclic) bond motifs is 8. The van der Waals surface area contributed by atoms with Crippen molar-refractivity contribution in [3.63, 3.8) is 0 Å². The van der Waals surface area contributed by atoms with Gasteiger partial charge in [-0.05, 0) is 75.5 Å². The molecule has 0 saturated carbocycles. The summed E-state index contributed by atoms with van der Waals surface area (Å²) in [7, 11) is 0. The molecule has 0 aliphatic heterocycles. The lowest BCUT2D eigenvalue weighted by Gasteiger charge is -2.29. The average molecular weight is 594 g/mol. The van der Waals surface area contributed by atoms with E-state index < -0.39 is 0 Å². The van der Waals surface area contributed by atoms with Gasteiger partial charge in [0.1, 0.15) is 0 Å². The van der Waals surface area contributed by atoms with Gasteiger partial charge in [0.25, 0.3) is 0 Å². The molecular formula is C43H31NS. The van der Waals surface area contributed by atoms with Crippen molar-refractivity contribution in [3.05, 3.63) is 163 Å². The van der Waals surface area contributed by atoms with Gasteiger partial charge in [0.2, 0.25) is 0 Å². The standard InChI is InChI=1S/C43H31NS/c1-43(2)36-19-10-8-17-33(36)41-37(43)20-12-21-38(41)44(30-14-4-3-5-15-30)31-25-23-28(24-26-31)35-27-29-13-6-7-16-32(29)40-34-18-9-11-22-39(34)45-42(35)40/h3-27H,1-2H3. The SMILES string of the molecule is CC1(C)c2ccccc2-c2c(N(c3ccccc3)c3ccc(-c4cc5ccccc5c5c4sc4ccccc45)cc3)cccc21. The molecule has 0 atom stereocenters. The van der Waals surface area contributed by atoms with Gasteiger partial charge in [-0.15, -0.1) is 11.3 Å². The van der Waals surface area contributed by atoms with Crippen molar-refractivity contribution in [3.8, 4) is 22.3 Å². The Bertz CT molecular complexity index is 2400. The summed E-state index contributed by atoms with van der Waals surface area (Å²) < 4.78 is 2.68. The summed E-state index contributed by atoms with van der Waals surface area (Å²) in [6, 6.07) is 55.7. The normalized spacial score (nSPS) is 13.3. The smallest absolute Gasteiger partial charge is 0.0543 e. The molecule has 0 amide bonds. The van der Waals surface area contributed by atoms with Gasteiger partial charge < -0.3 is 4.90 Å². The van der Waals surface area contributed by atoms with E-state index in [4.69, 9.17) is 0 Å². The summed E-state index contributed by atoms with van der Waals surface area (Å²) >= 11 is 1.90. The third-order valence-electron chi connectivity index (χ3n) is 9.65. The lowest BCUT2D eigenvalue weighted by atomic mass is 9.82. The van der Waals surface area contributed by atoms with Crippen LogP contribution in [0.3, 0.4) is 0 Å². The van der Waals surface area contributed by atoms with Crippen molar-refractivity contribution in [2.24, 2.45) is 0 Å². The second-order valence-corrected chi connectivity index (χ2v) is 13.6. The van der Waals surface area contributed by atoms with Gasteiger partial charge in [0, 0.05) is 48.1 Å². The van der Waals surface area contributed by atoms with E-state index in [0.717, 1.165) is 11.4 Å². The fraction of sp³-hybridized carbons (Fsp3) is 0.0698. The van der Waals surface area contributed by atoms with Crippen LogP contribution < -0.4 is 4.90 Å². The molecule has 214 valence electrons. The average Bonchev–Trinajstić information content (AvgIpc) is 3.59. The molecule has 0 fully saturated rings. The zero-order valence-electron chi connectivity index (χ0n) is 25.3. The molecule has 45 heavy (non-hydrogen) atoms. The predicted octanol–water partition coefficient (Wildman–Crippen LogP) is 12.7. The number of para-hydroxylation sites is 1. The fourth-order valence-electron chi connectivity index (χ4n) is 7.50. The van der Waals surface area contributed by atoms with E-state index in [1.807, 2.05) is 11.3 Å². The largest absolute Gasteiger partial charge is 0.310 e. The van der Waals surface area contributed by atoms with Crippen LogP contribution in [0.1, 0.15) is 25.0 Å². The van der Waals surface area contributed by atoms with E-state index in [1.54, 1.807) is 0 Å². The van der Waals surface area contributed by atoms with Gasteiger partial charge in [-0.25, -0.2) is 0 Å². The first kappa shape index (κ1) is 26.2. The minimum absolute atomic E-state index is 0.0557. The quantitative estimate of drug-likeness (QED) is 0.196. The molecule has 2 heteroatoms. The zero-order valence-corrected chi connectivity index (χ0v) is 26.1. The van der Waals surface area contributed by atoms with E-state index in [9.17, 15) is 0 Å². The number of hydrogen-bond acceptors (Lipinski definition) is 2. The Kier molecular flexibility index (Phi) is 5.78. The summed E-state index contributed by atoms with van der Waals surface area (Å²) in [5.74, 6) is 0. The lowest BCUT2D eigenvalue weighted by Crippen LogP contribution is -2.16. The first-order valence-electron chi connectivity index (χ1n) is 15.6. The molecule has 0 spiro atoms. The number of benzene rings is 7. The summed E-state index contributed by atoms with van der Waals surface area (Å²) in [6.45, 7) is 4.70. The van der Waals surface area contributed by atoms with Gasteiger partial charge in [0.05, 0.1) is 5.69 Å². The Morgan fingerprint density at radius 3 is 2.04 bits per heavy atom. The predicted molar refractivity (Wildman–Crippen MR) is 195 cm³/mol. The second kappa shape index (κ2) is 9.92. The molecule has 1 heterocycles. The molecule has 1 aromatic heterocycles. The monoisotopic (exact) mass is 593 g/mol. The van der Waals surface area contributed by atoms with Crippen LogP contribution in [0.4, 0.5) is 17.1 Å². The Balaban J connectivity index is 1.24. The van der Waals surface area contributed by atoms with Crippen molar-refractivity contribution in [2.45, 2.75) is 19.3 Å². The highest BCUT2D eigenvalue weighted by Gasteiger charge is 2.37. The van der Waals surface area contributed by atoms with E-state index in [-0.39, 0.29) is 5.41 Å². The van der Waals surface area contributed by atoms with E-state index >= 15 is 0 Å². The van der Waals surface area contributed by atoms with E-state index in [0.29, 0.717) is 0 Å². The first-order valence-corrected chi connectivity index (χ1v) is 16.4. The van der Waals surface area contributed by atoms with Gasteiger partial charge in [0.15, 0.2) is 0 Å². The number of rotatable bonds is 4. The molecule has 0 radical (unpaired) electrons. The minimum atomic E-state index is -0.0557. The third kappa shape index (κ3) is 3.92. The van der Waals surface area contributed by atoms with Gasteiger partial charge in [-0.3, -0.25) is 0 Å². The number of nitrogens with zero attached hydrogens (tertiary/aromatic N) is 1. The van der Waals surface area contributed by atoms with Gasteiger partial charge in [-0.2, -0.15) is 0 Å². The molecule has 9 rings (SSSR count). The summed E-state index contributed by atoms with van der Waals surface area (Å²) in [5.41, 5.74) is 11.4. The van der Waals surface area contributed by atoms with Crippen LogP contribution in [0.15, 0.2) is 152 Å².